The third-order valence-electron chi connectivity index (χ3n) is 3.82. The number of carbonyl (C=O) groups excluding carboxylic acids is 1. The van der Waals surface area contributed by atoms with Gasteiger partial charge in [0.1, 0.15) is 5.75 Å². The minimum atomic E-state index is -0.138. The summed E-state index contributed by atoms with van der Waals surface area (Å²) < 4.78 is 6.96. The molecule has 2 aromatic rings. The number of hydrogen-bond donors (Lipinski definition) is 1. The molecule has 0 aliphatic rings. The van der Waals surface area contributed by atoms with E-state index in [1.807, 2.05) is 31.2 Å². The molecule has 0 saturated carbocycles. The number of nitrogens with zero attached hydrogens (tertiary/aromatic N) is 1. The number of hydrogen-bond acceptors (Lipinski definition) is 3. The van der Waals surface area contributed by atoms with Crippen LogP contribution in [0.25, 0.3) is 6.08 Å². The van der Waals surface area contributed by atoms with Crippen LogP contribution in [0, 0.1) is 6.92 Å². The highest BCUT2D eigenvalue weighted by Crippen LogP contribution is 2.20. The standard InChI is InChI=1S/C20H24N2O3/c1-16-8-10-18(25-2)17(15-16)9-11-19(23)21-12-4-6-14-22-13-5-3-7-20(22)24/h3,5,7-11,13,15H,4,6,12,14H2,1-2H3,(H,21,23). The van der Waals surface area contributed by atoms with Gasteiger partial charge in [0.05, 0.1) is 7.11 Å². The Kier molecular flexibility index (Phi) is 7.01. The number of pyridine rings is 1. The van der Waals surface area contributed by atoms with Crippen molar-refractivity contribution in [3.63, 3.8) is 0 Å². The van der Waals surface area contributed by atoms with Crippen molar-refractivity contribution in [2.45, 2.75) is 26.3 Å². The van der Waals surface area contributed by atoms with E-state index in [4.69, 9.17) is 4.74 Å². The van der Waals surface area contributed by atoms with Crippen molar-refractivity contribution in [2.24, 2.45) is 0 Å². The van der Waals surface area contributed by atoms with Crippen LogP contribution in [0.4, 0.5) is 0 Å². The normalized spacial score (nSPS) is 10.8. The van der Waals surface area contributed by atoms with Gasteiger partial charge in [0.25, 0.3) is 0 Å². The van der Waals surface area contributed by atoms with Crippen LogP contribution in [0.3, 0.4) is 0 Å². The summed E-state index contributed by atoms with van der Waals surface area (Å²) in [5, 5.41) is 2.85. The smallest absolute Gasteiger partial charge is 0.250 e. The van der Waals surface area contributed by atoms with Crippen LogP contribution in [-0.2, 0) is 11.3 Å². The van der Waals surface area contributed by atoms with E-state index in [1.54, 1.807) is 36.1 Å². The van der Waals surface area contributed by atoms with Gasteiger partial charge in [0.2, 0.25) is 11.5 Å². The maximum Gasteiger partial charge on any atom is 0.250 e. The van der Waals surface area contributed by atoms with E-state index in [2.05, 4.69) is 5.32 Å². The van der Waals surface area contributed by atoms with Crippen molar-refractivity contribution in [1.82, 2.24) is 9.88 Å². The lowest BCUT2D eigenvalue weighted by molar-refractivity contribution is -0.116. The molecule has 1 aromatic carbocycles. The molecule has 1 amide bonds. The molecule has 1 aromatic heterocycles. The Morgan fingerprint density at radius 2 is 2.08 bits per heavy atom. The first kappa shape index (κ1) is 18.5. The number of carbonyl (C=O) groups is 1. The second-order valence-corrected chi connectivity index (χ2v) is 5.81. The summed E-state index contributed by atoms with van der Waals surface area (Å²) in [6.45, 7) is 3.23. The second kappa shape index (κ2) is 9.47. The van der Waals surface area contributed by atoms with E-state index in [1.165, 1.54) is 6.08 Å². The summed E-state index contributed by atoms with van der Waals surface area (Å²) in [4.78, 5) is 23.5. The molecular weight excluding hydrogens is 316 g/mol. The van der Waals surface area contributed by atoms with Gasteiger partial charge in [-0.2, -0.15) is 0 Å². The molecule has 5 heteroatoms. The zero-order chi connectivity index (χ0) is 18.1. The van der Waals surface area contributed by atoms with Crippen molar-refractivity contribution >= 4 is 12.0 Å². The number of nitrogens with one attached hydrogen (secondary N) is 1. The van der Waals surface area contributed by atoms with Crippen molar-refractivity contribution < 1.29 is 9.53 Å². The van der Waals surface area contributed by atoms with Crippen LogP contribution in [0.1, 0.15) is 24.0 Å². The number of amides is 1. The van der Waals surface area contributed by atoms with E-state index >= 15 is 0 Å². The van der Waals surface area contributed by atoms with Gasteiger partial charge in [0, 0.05) is 37.0 Å². The fourth-order valence-corrected chi connectivity index (χ4v) is 2.47. The molecule has 132 valence electrons. The molecular formula is C20H24N2O3. The van der Waals surface area contributed by atoms with Gasteiger partial charge in [0.15, 0.2) is 0 Å². The molecule has 0 bridgehead atoms. The lowest BCUT2D eigenvalue weighted by atomic mass is 10.1. The summed E-state index contributed by atoms with van der Waals surface area (Å²) in [5.41, 5.74) is 1.99. The fraction of sp³-hybridized carbons (Fsp3) is 0.300. The Bertz CT molecular complexity index is 794. The first-order chi connectivity index (χ1) is 12.1. The van der Waals surface area contributed by atoms with Gasteiger partial charge in [-0.05, 0) is 44.0 Å². The van der Waals surface area contributed by atoms with E-state index in [-0.39, 0.29) is 11.5 Å². The number of methoxy groups -OCH3 is 1. The summed E-state index contributed by atoms with van der Waals surface area (Å²) in [5.74, 6) is 0.600. The second-order valence-electron chi connectivity index (χ2n) is 5.81. The molecule has 5 nitrogen and oxygen atoms in total. The van der Waals surface area contributed by atoms with Gasteiger partial charge < -0.3 is 14.6 Å². The van der Waals surface area contributed by atoms with Crippen LogP contribution in [0.2, 0.25) is 0 Å². The minimum Gasteiger partial charge on any atom is -0.496 e. The zero-order valence-corrected chi connectivity index (χ0v) is 14.7. The average Bonchev–Trinajstić information content (AvgIpc) is 2.61. The fourth-order valence-electron chi connectivity index (χ4n) is 2.47. The monoisotopic (exact) mass is 340 g/mol. The lowest BCUT2D eigenvalue weighted by Crippen LogP contribution is -2.23. The Morgan fingerprint density at radius 1 is 1.24 bits per heavy atom. The minimum absolute atomic E-state index is 0.00145. The summed E-state index contributed by atoms with van der Waals surface area (Å²) in [7, 11) is 1.61. The van der Waals surface area contributed by atoms with Crippen molar-refractivity contribution in [1.29, 1.82) is 0 Å². The van der Waals surface area contributed by atoms with E-state index in [0.29, 0.717) is 13.1 Å². The molecule has 1 N–H and O–H groups in total. The zero-order valence-electron chi connectivity index (χ0n) is 14.7. The number of aryl methyl sites for hydroxylation is 2. The summed E-state index contributed by atoms with van der Waals surface area (Å²) in [6.07, 6.45) is 6.69. The molecule has 2 rings (SSSR count). The first-order valence-electron chi connectivity index (χ1n) is 8.36. The third kappa shape index (κ3) is 5.95. The SMILES string of the molecule is COc1ccc(C)cc1C=CC(=O)NCCCCn1ccccc1=O. The average molecular weight is 340 g/mol. The highest BCUT2D eigenvalue weighted by Gasteiger charge is 2.01. The Morgan fingerprint density at radius 3 is 2.84 bits per heavy atom. The number of ether oxygens (including phenoxy) is 1. The van der Waals surface area contributed by atoms with Crippen molar-refractivity contribution in [2.75, 3.05) is 13.7 Å². The van der Waals surface area contributed by atoms with Crippen LogP contribution < -0.4 is 15.6 Å². The number of aromatic nitrogens is 1. The van der Waals surface area contributed by atoms with E-state index < -0.39 is 0 Å². The van der Waals surface area contributed by atoms with Gasteiger partial charge in [-0.1, -0.05) is 17.7 Å². The molecule has 0 saturated heterocycles. The molecule has 0 spiro atoms. The first-order valence-corrected chi connectivity index (χ1v) is 8.36. The van der Waals surface area contributed by atoms with Crippen LogP contribution in [0.5, 0.6) is 5.75 Å². The number of rotatable bonds is 8. The number of benzene rings is 1. The molecule has 0 aliphatic heterocycles. The van der Waals surface area contributed by atoms with Gasteiger partial charge in [-0.3, -0.25) is 9.59 Å². The largest absolute Gasteiger partial charge is 0.496 e. The van der Waals surface area contributed by atoms with E-state index in [9.17, 15) is 9.59 Å². The molecule has 0 fully saturated rings. The van der Waals surface area contributed by atoms with Gasteiger partial charge in [-0.15, -0.1) is 0 Å². The van der Waals surface area contributed by atoms with Crippen molar-refractivity contribution in [3.05, 3.63) is 70.2 Å². The van der Waals surface area contributed by atoms with Crippen LogP contribution in [0.15, 0.2) is 53.5 Å². The Hall–Kier alpha value is -2.82. The summed E-state index contributed by atoms with van der Waals surface area (Å²) in [6, 6.07) is 10.9. The molecule has 1 heterocycles. The summed E-state index contributed by atoms with van der Waals surface area (Å²) >= 11 is 0. The molecule has 0 atom stereocenters. The maximum atomic E-state index is 11.9. The van der Waals surface area contributed by atoms with Crippen molar-refractivity contribution in [3.8, 4) is 5.75 Å². The quantitative estimate of drug-likeness (QED) is 0.594. The maximum absolute atomic E-state index is 11.9. The predicted molar refractivity (Wildman–Crippen MR) is 99.7 cm³/mol. The molecule has 0 radical (unpaired) electrons. The van der Waals surface area contributed by atoms with Gasteiger partial charge >= 0.3 is 0 Å². The third-order valence-corrected chi connectivity index (χ3v) is 3.82. The Balaban J connectivity index is 1.75. The molecule has 0 aliphatic carbocycles. The topological polar surface area (TPSA) is 60.3 Å². The van der Waals surface area contributed by atoms with Gasteiger partial charge in [-0.25, -0.2) is 0 Å². The van der Waals surface area contributed by atoms with Crippen LogP contribution >= 0.6 is 0 Å². The molecule has 25 heavy (non-hydrogen) atoms. The predicted octanol–water partition coefficient (Wildman–Crippen LogP) is 2.78. The Labute approximate surface area is 147 Å². The highest BCUT2D eigenvalue weighted by atomic mass is 16.5. The lowest BCUT2D eigenvalue weighted by Gasteiger charge is -2.06. The number of unbranched alkanes of at least 4 members (excludes halogenated alkanes) is 1. The van der Waals surface area contributed by atoms with Crippen LogP contribution in [-0.4, -0.2) is 24.1 Å². The molecule has 0 unspecified atom stereocenters. The highest BCUT2D eigenvalue weighted by molar-refractivity contribution is 5.92. The van der Waals surface area contributed by atoms with E-state index in [0.717, 1.165) is 29.7 Å².